The van der Waals surface area contributed by atoms with Gasteiger partial charge in [0.1, 0.15) is 11.9 Å². The fourth-order valence-electron chi connectivity index (χ4n) is 3.23. The number of hydrogen-bond donors (Lipinski definition) is 3. The molecule has 2 heterocycles. The molecule has 3 rings (SSSR count). The Balaban J connectivity index is 1.69. The van der Waals surface area contributed by atoms with Crippen LogP contribution >= 0.6 is 0 Å². The highest BCUT2D eigenvalue weighted by molar-refractivity contribution is 6.04. The van der Waals surface area contributed by atoms with E-state index in [0.717, 1.165) is 24.4 Å². The Bertz CT molecular complexity index is 1050. The molecule has 1 aliphatic rings. The lowest BCUT2D eigenvalue weighted by atomic mass is 10.1. The third kappa shape index (κ3) is 5.76. The van der Waals surface area contributed by atoms with Crippen molar-refractivity contribution < 1.29 is 37.3 Å². The number of carbonyl (C=O) groups is 1. The molecule has 0 fully saturated rings. The molecule has 1 aromatic heterocycles. The number of carbonyl (C=O) groups excluding carboxylic acids is 1. The van der Waals surface area contributed by atoms with E-state index >= 15 is 0 Å². The summed E-state index contributed by atoms with van der Waals surface area (Å²) in [5.41, 5.74) is -0.510. The van der Waals surface area contributed by atoms with Crippen molar-refractivity contribution in [2.24, 2.45) is 0 Å². The van der Waals surface area contributed by atoms with E-state index in [2.05, 4.69) is 15.3 Å². The number of benzene rings is 1. The maximum Gasteiger partial charge on any atom is 0.419 e. The molecular weight excluding hydrogens is 448 g/mol. The SMILES string of the molecule is CCOc1cc(NC(=O)C2=CCN(c3ncc([C@H](O)CO)nc3F)CC2)ccc1C(F)(F)F. The number of halogens is 4. The predicted octanol–water partition coefficient (Wildman–Crippen LogP) is 2.83. The van der Waals surface area contributed by atoms with Crippen LogP contribution in [0.3, 0.4) is 0 Å². The highest BCUT2D eigenvalue weighted by atomic mass is 19.4. The van der Waals surface area contributed by atoms with Crippen molar-refractivity contribution in [1.82, 2.24) is 9.97 Å². The van der Waals surface area contributed by atoms with E-state index in [1.165, 1.54) is 0 Å². The van der Waals surface area contributed by atoms with Crippen LogP contribution < -0.4 is 15.0 Å². The first-order chi connectivity index (χ1) is 15.6. The largest absolute Gasteiger partial charge is 0.493 e. The van der Waals surface area contributed by atoms with Crippen molar-refractivity contribution in [2.75, 3.05) is 36.5 Å². The Morgan fingerprint density at radius 3 is 2.70 bits per heavy atom. The number of aromatic nitrogens is 2. The second kappa shape index (κ2) is 10.1. The molecule has 12 heteroatoms. The standard InChI is InChI=1S/C21H22F4N4O4/c1-2-33-17-9-13(3-4-14(17)21(23,24)25)27-20(32)12-5-7-29(8-6-12)19-18(22)28-15(10-26-19)16(31)11-30/h3-5,9-10,16,30-31H,2,6-8,11H2,1H3,(H,27,32)/t16-/m1/s1. The van der Waals surface area contributed by atoms with E-state index in [1.807, 2.05) is 0 Å². The Morgan fingerprint density at radius 2 is 2.12 bits per heavy atom. The molecule has 0 unspecified atom stereocenters. The van der Waals surface area contributed by atoms with Gasteiger partial charge in [0.05, 0.1) is 30.7 Å². The first kappa shape index (κ1) is 24.4. The summed E-state index contributed by atoms with van der Waals surface area (Å²) in [5, 5.41) is 21.0. The van der Waals surface area contributed by atoms with Crippen LogP contribution in [0.2, 0.25) is 0 Å². The van der Waals surface area contributed by atoms with Crippen LogP contribution in [0.4, 0.5) is 29.1 Å². The van der Waals surface area contributed by atoms with Crippen LogP contribution in [0.25, 0.3) is 0 Å². The van der Waals surface area contributed by atoms with Gasteiger partial charge in [-0.3, -0.25) is 4.79 Å². The molecule has 178 valence electrons. The second-order valence-electron chi connectivity index (χ2n) is 7.13. The number of aliphatic hydroxyl groups is 2. The van der Waals surface area contributed by atoms with Gasteiger partial charge in [-0.1, -0.05) is 6.08 Å². The molecule has 0 saturated carbocycles. The number of rotatable bonds is 7. The zero-order valence-electron chi connectivity index (χ0n) is 17.6. The highest BCUT2D eigenvalue weighted by Crippen LogP contribution is 2.37. The number of nitrogens with one attached hydrogen (secondary N) is 1. The summed E-state index contributed by atoms with van der Waals surface area (Å²) in [6.45, 7) is 1.35. The second-order valence-corrected chi connectivity index (χ2v) is 7.13. The van der Waals surface area contributed by atoms with Gasteiger partial charge in [-0.05, 0) is 25.5 Å². The van der Waals surface area contributed by atoms with Gasteiger partial charge in [0.15, 0.2) is 5.82 Å². The summed E-state index contributed by atoms with van der Waals surface area (Å²) in [7, 11) is 0. The van der Waals surface area contributed by atoms with Crippen molar-refractivity contribution in [3.63, 3.8) is 0 Å². The molecule has 0 spiro atoms. The van der Waals surface area contributed by atoms with Crippen molar-refractivity contribution in [1.29, 1.82) is 0 Å². The third-order valence-corrected chi connectivity index (χ3v) is 4.89. The average Bonchev–Trinajstić information content (AvgIpc) is 2.78. The van der Waals surface area contributed by atoms with E-state index in [0.29, 0.717) is 5.57 Å². The minimum absolute atomic E-state index is 0.0286. The third-order valence-electron chi connectivity index (χ3n) is 4.89. The molecule has 1 amide bonds. The number of aliphatic hydroxyl groups excluding tert-OH is 2. The lowest BCUT2D eigenvalue weighted by Gasteiger charge is -2.27. The fraction of sp³-hybridized carbons (Fsp3) is 0.381. The normalized spacial score (nSPS) is 15.1. The molecule has 1 aromatic carbocycles. The monoisotopic (exact) mass is 470 g/mol. The quantitative estimate of drug-likeness (QED) is 0.534. The van der Waals surface area contributed by atoms with Gasteiger partial charge in [0.25, 0.3) is 11.9 Å². The number of alkyl halides is 3. The topological polar surface area (TPSA) is 108 Å². The summed E-state index contributed by atoms with van der Waals surface area (Å²) in [6.07, 6.45) is -2.98. The van der Waals surface area contributed by atoms with Crippen molar-refractivity contribution in [2.45, 2.75) is 25.6 Å². The maximum atomic E-state index is 14.3. The zero-order valence-corrected chi connectivity index (χ0v) is 17.6. The molecule has 2 aromatic rings. The van der Waals surface area contributed by atoms with E-state index in [1.54, 1.807) is 17.9 Å². The molecule has 0 saturated heterocycles. The van der Waals surface area contributed by atoms with Gasteiger partial charge < -0.3 is 25.2 Å². The van der Waals surface area contributed by atoms with Crippen LogP contribution in [-0.2, 0) is 11.0 Å². The average molecular weight is 470 g/mol. The van der Waals surface area contributed by atoms with Gasteiger partial charge >= 0.3 is 6.18 Å². The maximum absolute atomic E-state index is 14.3. The van der Waals surface area contributed by atoms with Gasteiger partial charge in [-0.2, -0.15) is 17.6 Å². The summed E-state index contributed by atoms with van der Waals surface area (Å²) in [4.78, 5) is 21.7. The van der Waals surface area contributed by atoms with E-state index in [4.69, 9.17) is 9.84 Å². The lowest BCUT2D eigenvalue weighted by Crippen LogP contribution is -2.33. The fourth-order valence-corrected chi connectivity index (χ4v) is 3.23. The molecular formula is C21H22F4N4O4. The van der Waals surface area contributed by atoms with Gasteiger partial charge in [-0.25, -0.2) is 9.97 Å². The summed E-state index contributed by atoms with van der Waals surface area (Å²) in [6, 6.07) is 3.11. The van der Waals surface area contributed by atoms with Gasteiger partial charge in [-0.15, -0.1) is 0 Å². The van der Waals surface area contributed by atoms with Crippen molar-refractivity contribution in [3.05, 3.63) is 53.3 Å². The Hall–Kier alpha value is -3.25. The number of ether oxygens (including phenoxy) is 1. The molecule has 0 bridgehead atoms. The molecule has 3 N–H and O–H groups in total. The van der Waals surface area contributed by atoms with E-state index in [-0.39, 0.29) is 49.1 Å². The Kier molecular flexibility index (Phi) is 7.49. The van der Waals surface area contributed by atoms with E-state index < -0.39 is 36.3 Å². The smallest absolute Gasteiger partial charge is 0.419 e. The minimum atomic E-state index is -4.59. The first-order valence-electron chi connectivity index (χ1n) is 10.0. The number of amides is 1. The Morgan fingerprint density at radius 1 is 1.36 bits per heavy atom. The molecule has 0 radical (unpaired) electrons. The van der Waals surface area contributed by atoms with Crippen LogP contribution in [-0.4, -0.2) is 52.4 Å². The minimum Gasteiger partial charge on any atom is -0.493 e. The van der Waals surface area contributed by atoms with Gasteiger partial charge in [0, 0.05) is 30.4 Å². The van der Waals surface area contributed by atoms with E-state index in [9.17, 15) is 27.5 Å². The van der Waals surface area contributed by atoms with Crippen molar-refractivity contribution >= 4 is 17.4 Å². The zero-order chi connectivity index (χ0) is 24.2. The molecule has 8 nitrogen and oxygen atoms in total. The lowest BCUT2D eigenvalue weighted by molar-refractivity contribution is -0.138. The summed E-state index contributed by atoms with van der Waals surface area (Å²) in [5.74, 6) is -1.86. The predicted molar refractivity (Wildman–Crippen MR) is 110 cm³/mol. The van der Waals surface area contributed by atoms with Crippen molar-refractivity contribution in [3.8, 4) is 5.75 Å². The summed E-state index contributed by atoms with van der Waals surface area (Å²) < 4.78 is 58.7. The van der Waals surface area contributed by atoms with Gasteiger partial charge in [0.2, 0.25) is 0 Å². The van der Waals surface area contributed by atoms with Crippen LogP contribution in [0.15, 0.2) is 36.0 Å². The Labute approximate surface area is 186 Å². The number of hydrogen-bond acceptors (Lipinski definition) is 7. The number of anilines is 2. The number of nitrogens with zero attached hydrogens (tertiary/aromatic N) is 3. The van der Waals surface area contributed by atoms with Crippen LogP contribution in [0.5, 0.6) is 5.75 Å². The van der Waals surface area contributed by atoms with Crippen LogP contribution in [0.1, 0.15) is 30.7 Å². The molecule has 33 heavy (non-hydrogen) atoms. The summed E-state index contributed by atoms with van der Waals surface area (Å²) >= 11 is 0. The first-order valence-corrected chi connectivity index (χ1v) is 10.0. The van der Waals surface area contributed by atoms with Crippen LogP contribution in [0, 0.1) is 5.95 Å². The molecule has 0 aliphatic carbocycles. The molecule has 1 atom stereocenters. The highest BCUT2D eigenvalue weighted by Gasteiger charge is 2.34. The molecule has 1 aliphatic heterocycles.